The van der Waals surface area contributed by atoms with Crippen molar-refractivity contribution >= 4 is 9.52 Å². The Morgan fingerprint density at radius 3 is 2.00 bits per heavy atom. The van der Waals surface area contributed by atoms with E-state index >= 15 is 0 Å². The van der Waals surface area contributed by atoms with Crippen LogP contribution in [0.3, 0.4) is 0 Å². The minimum atomic E-state index is 0.911. The summed E-state index contributed by atoms with van der Waals surface area (Å²) in [4.78, 5) is 0. The molecular formula is C18H32Si. The van der Waals surface area contributed by atoms with Crippen LogP contribution < -0.4 is 0 Å². The van der Waals surface area contributed by atoms with Crippen LogP contribution in [0.15, 0.2) is 12.2 Å². The Morgan fingerprint density at radius 2 is 1.47 bits per heavy atom. The van der Waals surface area contributed by atoms with Crippen molar-refractivity contribution in [3.8, 4) is 0 Å². The first kappa shape index (κ1) is 15.3. The summed E-state index contributed by atoms with van der Waals surface area (Å²) in [6.45, 7) is 4.62. The van der Waals surface area contributed by atoms with Crippen LogP contribution in [0.5, 0.6) is 0 Å². The lowest BCUT2D eigenvalue weighted by Crippen LogP contribution is -2.25. The van der Waals surface area contributed by atoms with Gasteiger partial charge < -0.3 is 0 Å². The fraction of sp³-hybridized carbons (Fsp3) is 0.889. The minimum Gasteiger partial charge on any atom is -0.0885 e. The van der Waals surface area contributed by atoms with Gasteiger partial charge in [-0.05, 0) is 68.6 Å². The van der Waals surface area contributed by atoms with Crippen LogP contribution in [0, 0.1) is 23.7 Å². The molecule has 0 nitrogen and oxygen atoms in total. The standard InChI is InChI=1S/C18H32Si/c1-3-4-5-15-6-10-17(11-7-15)18-12-8-16(9-13-18)14-19-2/h4-5,15-18H,3,6-14H2,1-2H3/b5-4+. The summed E-state index contributed by atoms with van der Waals surface area (Å²) in [6.07, 6.45) is 18.2. The van der Waals surface area contributed by atoms with Gasteiger partial charge in [0.2, 0.25) is 0 Å². The lowest BCUT2D eigenvalue weighted by atomic mass is 9.69. The van der Waals surface area contributed by atoms with Crippen LogP contribution in [-0.4, -0.2) is 9.52 Å². The van der Waals surface area contributed by atoms with Crippen molar-refractivity contribution in [1.29, 1.82) is 0 Å². The molecule has 0 atom stereocenters. The maximum atomic E-state index is 2.50. The van der Waals surface area contributed by atoms with E-state index in [4.69, 9.17) is 0 Å². The molecule has 1 heteroatoms. The normalized spacial score (nSPS) is 36.7. The van der Waals surface area contributed by atoms with Gasteiger partial charge in [-0.25, -0.2) is 0 Å². The zero-order valence-corrected chi connectivity index (χ0v) is 14.0. The topological polar surface area (TPSA) is 0 Å². The molecule has 19 heavy (non-hydrogen) atoms. The third kappa shape index (κ3) is 4.77. The molecule has 2 rings (SSSR count). The smallest absolute Gasteiger partial charge is 0.0345 e. The van der Waals surface area contributed by atoms with E-state index in [2.05, 4.69) is 25.6 Å². The average molecular weight is 277 g/mol. The highest BCUT2D eigenvalue weighted by atomic mass is 28.2. The molecule has 0 aliphatic heterocycles. The molecule has 0 unspecified atom stereocenters. The molecule has 0 N–H and O–H groups in total. The summed E-state index contributed by atoms with van der Waals surface area (Å²) >= 11 is 0. The van der Waals surface area contributed by atoms with Gasteiger partial charge in [-0.1, -0.05) is 44.5 Å². The van der Waals surface area contributed by atoms with Crippen molar-refractivity contribution in [2.45, 2.75) is 77.3 Å². The Bertz CT molecular complexity index is 255. The third-order valence-electron chi connectivity index (χ3n) is 5.51. The predicted octanol–water partition coefficient (Wildman–Crippen LogP) is 5.74. The Labute approximate surface area is 123 Å². The molecule has 108 valence electrons. The van der Waals surface area contributed by atoms with Gasteiger partial charge in [0.1, 0.15) is 0 Å². The van der Waals surface area contributed by atoms with E-state index in [1.54, 1.807) is 25.7 Å². The second-order valence-electron chi connectivity index (χ2n) is 6.85. The van der Waals surface area contributed by atoms with Gasteiger partial charge in [0, 0.05) is 9.52 Å². The molecule has 2 fully saturated rings. The summed E-state index contributed by atoms with van der Waals surface area (Å²) < 4.78 is 0. The SMILES string of the molecule is CC/C=C/C1CCC(C2CCC(C[Si]C)CC2)CC1. The molecule has 0 saturated heterocycles. The van der Waals surface area contributed by atoms with E-state index in [1.165, 1.54) is 47.7 Å². The Hall–Kier alpha value is -0.0431. The van der Waals surface area contributed by atoms with Crippen LogP contribution in [0.2, 0.25) is 12.6 Å². The molecule has 0 aromatic heterocycles. The average Bonchev–Trinajstić information content (AvgIpc) is 2.47. The zero-order valence-electron chi connectivity index (χ0n) is 13.0. The first-order valence-corrected chi connectivity index (χ1v) is 10.4. The fourth-order valence-electron chi connectivity index (χ4n) is 4.29. The largest absolute Gasteiger partial charge is 0.0885 e. The lowest BCUT2D eigenvalue weighted by Gasteiger charge is -2.37. The van der Waals surface area contributed by atoms with Gasteiger partial charge in [0.05, 0.1) is 0 Å². The highest BCUT2D eigenvalue weighted by molar-refractivity contribution is 6.33. The molecule has 0 bridgehead atoms. The quantitative estimate of drug-likeness (QED) is 0.444. The van der Waals surface area contributed by atoms with Gasteiger partial charge in [-0.15, -0.1) is 0 Å². The lowest BCUT2D eigenvalue weighted by molar-refractivity contribution is 0.160. The van der Waals surface area contributed by atoms with Crippen LogP contribution in [0.1, 0.15) is 64.7 Å². The first-order chi connectivity index (χ1) is 9.33. The monoisotopic (exact) mass is 276 g/mol. The highest BCUT2D eigenvalue weighted by Crippen LogP contribution is 2.42. The number of rotatable bonds is 5. The van der Waals surface area contributed by atoms with E-state index in [1.807, 2.05) is 0 Å². The fourth-order valence-corrected chi connectivity index (χ4v) is 5.28. The van der Waals surface area contributed by atoms with E-state index in [0.29, 0.717) is 0 Å². The molecule has 2 aliphatic rings. The van der Waals surface area contributed by atoms with E-state index in [-0.39, 0.29) is 0 Å². The van der Waals surface area contributed by atoms with Crippen molar-refractivity contribution < 1.29 is 0 Å². The molecule has 0 aromatic rings. The second-order valence-corrected chi connectivity index (χ2v) is 7.97. The van der Waals surface area contributed by atoms with Gasteiger partial charge in [0.15, 0.2) is 0 Å². The molecule has 2 saturated carbocycles. The van der Waals surface area contributed by atoms with Crippen molar-refractivity contribution in [2.75, 3.05) is 0 Å². The van der Waals surface area contributed by atoms with Gasteiger partial charge in [-0.3, -0.25) is 0 Å². The molecular weight excluding hydrogens is 244 g/mol. The second kappa shape index (κ2) is 8.29. The summed E-state index contributed by atoms with van der Waals surface area (Å²) in [7, 11) is 1.18. The van der Waals surface area contributed by atoms with Crippen molar-refractivity contribution in [1.82, 2.24) is 0 Å². The maximum Gasteiger partial charge on any atom is 0.0345 e. The molecule has 0 spiro atoms. The van der Waals surface area contributed by atoms with E-state index in [9.17, 15) is 0 Å². The molecule has 2 aliphatic carbocycles. The zero-order chi connectivity index (χ0) is 13.5. The number of allylic oxidation sites excluding steroid dienone is 2. The van der Waals surface area contributed by atoms with E-state index < -0.39 is 0 Å². The first-order valence-electron chi connectivity index (χ1n) is 8.64. The summed E-state index contributed by atoms with van der Waals surface area (Å²) in [6, 6.07) is 1.52. The molecule has 0 heterocycles. The van der Waals surface area contributed by atoms with Crippen LogP contribution in [0.4, 0.5) is 0 Å². The summed E-state index contributed by atoms with van der Waals surface area (Å²) in [5.74, 6) is 4.17. The Balaban J connectivity index is 1.69. The van der Waals surface area contributed by atoms with Crippen molar-refractivity contribution in [2.24, 2.45) is 23.7 Å². The van der Waals surface area contributed by atoms with Gasteiger partial charge in [0.25, 0.3) is 0 Å². The van der Waals surface area contributed by atoms with Gasteiger partial charge in [-0.2, -0.15) is 0 Å². The van der Waals surface area contributed by atoms with Crippen LogP contribution in [0.25, 0.3) is 0 Å². The number of hydrogen-bond acceptors (Lipinski definition) is 0. The van der Waals surface area contributed by atoms with Crippen LogP contribution >= 0.6 is 0 Å². The minimum absolute atomic E-state index is 0.911. The third-order valence-corrected chi connectivity index (χ3v) is 6.50. The molecule has 0 aromatic carbocycles. The van der Waals surface area contributed by atoms with Crippen LogP contribution in [-0.2, 0) is 0 Å². The molecule has 2 radical (unpaired) electrons. The Morgan fingerprint density at radius 1 is 0.895 bits per heavy atom. The van der Waals surface area contributed by atoms with E-state index in [0.717, 1.165) is 23.7 Å². The highest BCUT2D eigenvalue weighted by Gasteiger charge is 2.29. The molecule has 0 amide bonds. The Kier molecular flexibility index (Phi) is 6.70. The van der Waals surface area contributed by atoms with Crippen molar-refractivity contribution in [3.63, 3.8) is 0 Å². The number of hydrogen-bond donors (Lipinski definition) is 0. The predicted molar refractivity (Wildman–Crippen MR) is 86.8 cm³/mol. The maximum absolute atomic E-state index is 2.50. The van der Waals surface area contributed by atoms with Gasteiger partial charge >= 0.3 is 0 Å². The summed E-state index contributed by atoms with van der Waals surface area (Å²) in [5.41, 5.74) is 0. The van der Waals surface area contributed by atoms with Crippen molar-refractivity contribution in [3.05, 3.63) is 12.2 Å². The summed E-state index contributed by atoms with van der Waals surface area (Å²) in [5, 5.41) is 0.